The molecule has 0 aliphatic carbocycles. The SMILES string of the molecule is c1ccc2c(-c3ccc4oc5c(-c6ccc(-c7nnc8c9ccccc9c9ccccc9n78)cc6)cc(-c6cccc7ccccc67)cc5c4c3)cccc2c1. The molecule has 0 spiro atoms. The normalized spacial score (nSPS) is 11.9. The molecule has 0 bridgehead atoms. The molecule has 260 valence electrons. The molecule has 0 amide bonds. The number of furan rings is 1. The molecule has 4 nitrogen and oxygen atoms in total. The minimum absolute atomic E-state index is 0.813. The van der Waals surface area contributed by atoms with Gasteiger partial charge in [0.1, 0.15) is 11.2 Å². The second-order valence-corrected chi connectivity index (χ2v) is 14.6. The van der Waals surface area contributed by atoms with Crippen LogP contribution in [0.4, 0.5) is 0 Å². The van der Waals surface area contributed by atoms with E-state index in [4.69, 9.17) is 14.6 Å². The Bertz CT molecular complexity index is 3530. The largest absolute Gasteiger partial charge is 0.455 e. The van der Waals surface area contributed by atoms with E-state index in [1.807, 2.05) is 0 Å². The Morgan fingerprint density at radius 2 is 0.929 bits per heavy atom. The van der Waals surface area contributed by atoms with E-state index in [9.17, 15) is 0 Å². The van der Waals surface area contributed by atoms with E-state index in [0.717, 1.165) is 66.6 Å². The highest BCUT2D eigenvalue weighted by Crippen LogP contribution is 2.43. The zero-order chi connectivity index (χ0) is 36.7. The summed E-state index contributed by atoms with van der Waals surface area (Å²) in [5.41, 5.74) is 11.5. The molecule has 9 aromatic carbocycles. The smallest absolute Gasteiger partial charge is 0.169 e. The lowest BCUT2D eigenvalue weighted by Gasteiger charge is -2.12. The van der Waals surface area contributed by atoms with Crippen LogP contribution >= 0.6 is 0 Å². The van der Waals surface area contributed by atoms with Gasteiger partial charge in [-0.3, -0.25) is 4.40 Å². The molecule has 0 saturated carbocycles. The van der Waals surface area contributed by atoms with Crippen molar-refractivity contribution >= 4 is 70.8 Å². The van der Waals surface area contributed by atoms with Gasteiger partial charge in [0.2, 0.25) is 0 Å². The van der Waals surface area contributed by atoms with Gasteiger partial charge in [0.25, 0.3) is 0 Å². The van der Waals surface area contributed by atoms with Crippen LogP contribution in [-0.4, -0.2) is 14.6 Å². The Kier molecular flexibility index (Phi) is 6.60. The lowest BCUT2D eigenvalue weighted by Crippen LogP contribution is -1.94. The number of aromatic nitrogens is 3. The number of benzene rings is 9. The van der Waals surface area contributed by atoms with Crippen LogP contribution < -0.4 is 0 Å². The summed E-state index contributed by atoms with van der Waals surface area (Å²) in [7, 11) is 0. The van der Waals surface area contributed by atoms with Crippen molar-refractivity contribution in [1.29, 1.82) is 0 Å². The Hall–Kier alpha value is -7.56. The standard InChI is InChI=1S/C52H31N3O/c1-3-15-38-32(11-1)13-9-20-40(38)36-27-28-49-46(29-36)47-31-37(41-21-10-14-33-12-2-4-16-39(33)41)30-45(50(47)56-49)34-23-25-35(26-24-34)51-53-54-52-44-19-6-5-17-42(44)43-18-7-8-22-48(43)55(51)52/h1-31H. The molecule has 4 heteroatoms. The van der Waals surface area contributed by atoms with Gasteiger partial charge in [0.05, 0.1) is 5.52 Å². The second kappa shape index (κ2) is 12.0. The summed E-state index contributed by atoms with van der Waals surface area (Å²) in [6, 6.07) is 67.1. The molecular weight excluding hydrogens is 683 g/mol. The van der Waals surface area contributed by atoms with Gasteiger partial charge >= 0.3 is 0 Å². The van der Waals surface area contributed by atoms with E-state index >= 15 is 0 Å². The molecule has 12 aromatic rings. The molecular formula is C52H31N3O. The zero-order valence-electron chi connectivity index (χ0n) is 30.1. The summed E-state index contributed by atoms with van der Waals surface area (Å²) in [6.07, 6.45) is 0. The number of pyridine rings is 1. The number of para-hydroxylation sites is 1. The lowest BCUT2D eigenvalue weighted by atomic mass is 9.92. The number of hydrogen-bond donors (Lipinski definition) is 0. The first-order chi connectivity index (χ1) is 27.8. The van der Waals surface area contributed by atoms with Gasteiger partial charge in [-0.05, 0) is 85.1 Å². The number of fused-ring (bicyclic) bond motifs is 11. The second-order valence-electron chi connectivity index (χ2n) is 14.6. The lowest BCUT2D eigenvalue weighted by molar-refractivity contribution is 0.670. The van der Waals surface area contributed by atoms with Crippen LogP contribution in [0.5, 0.6) is 0 Å². The minimum atomic E-state index is 0.813. The number of nitrogens with zero attached hydrogens (tertiary/aromatic N) is 3. The fourth-order valence-corrected chi connectivity index (χ4v) is 8.85. The molecule has 12 rings (SSSR count). The minimum Gasteiger partial charge on any atom is -0.455 e. The van der Waals surface area contributed by atoms with E-state index in [-0.39, 0.29) is 0 Å². The monoisotopic (exact) mass is 713 g/mol. The van der Waals surface area contributed by atoms with E-state index in [1.165, 1.54) is 49.0 Å². The van der Waals surface area contributed by atoms with Gasteiger partial charge in [-0.15, -0.1) is 10.2 Å². The van der Waals surface area contributed by atoms with E-state index in [2.05, 4.69) is 192 Å². The average Bonchev–Trinajstić information content (AvgIpc) is 3.88. The summed E-state index contributed by atoms with van der Waals surface area (Å²) >= 11 is 0. The van der Waals surface area contributed by atoms with Gasteiger partial charge < -0.3 is 4.42 Å². The van der Waals surface area contributed by atoms with Crippen molar-refractivity contribution in [1.82, 2.24) is 14.6 Å². The number of hydrogen-bond acceptors (Lipinski definition) is 3. The maximum absolute atomic E-state index is 6.82. The Balaban J connectivity index is 1.07. The first kappa shape index (κ1) is 30.9. The van der Waals surface area contributed by atoms with Gasteiger partial charge in [-0.2, -0.15) is 0 Å². The highest BCUT2D eigenvalue weighted by molar-refractivity contribution is 6.15. The molecule has 0 fully saturated rings. The Morgan fingerprint density at radius 1 is 0.357 bits per heavy atom. The fourth-order valence-electron chi connectivity index (χ4n) is 8.85. The van der Waals surface area contributed by atoms with Crippen LogP contribution in [0.25, 0.3) is 116 Å². The summed E-state index contributed by atoms with van der Waals surface area (Å²) in [5.74, 6) is 0.813. The summed E-state index contributed by atoms with van der Waals surface area (Å²) in [4.78, 5) is 0. The molecule has 3 aromatic heterocycles. The first-order valence-corrected chi connectivity index (χ1v) is 19.0. The number of rotatable bonds is 4. The van der Waals surface area contributed by atoms with Crippen LogP contribution in [0, 0.1) is 0 Å². The van der Waals surface area contributed by atoms with Crippen LogP contribution in [0.2, 0.25) is 0 Å². The third-order valence-corrected chi connectivity index (χ3v) is 11.5. The molecule has 3 heterocycles. The third kappa shape index (κ3) is 4.60. The molecule has 0 radical (unpaired) electrons. The fraction of sp³-hybridized carbons (Fsp3) is 0. The molecule has 56 heavy (non-hydrogen) atoms. The van der Waals surface area contributed by atoms with Gasteiger partial charge in [-0.1, -0.05) is 158 Å². The van der Waals surface area contributed by atoms with Crippen molar-refractivity contribution in [3.63, 3.8) is 0 Å². The third-order valence-electron chi connectivity index (χ3n) is 11.5. The first-order valence-electron chi connectivity index (χ1n) is 19.0. The van der Waals surface area contributed by atoms with Crippen molar-refractivity contribution in [3.05, 3.63) is 188 Å². The van der Waals surface area contributed by atoms with Gasteiger partial charge in [0, 0.05) is 32.7 Å². The van der Waals surface area contributed by atoms with Crippen molar-refractivity contribution in [2.45, 2.75) is 0 Å². The van der Waals surface area contributed by atoms with Crippen molar-refractivity contribution < 1.29 is 4.42 Å². The van der Waals surface area contributed by atoms with Crippen molar-refractivity contribution in [3.8, 4) is 44.8 Å². The zero-order valence-corrected chi connectivity index (χ0v) is 30.1. The average molecular weight is 714 g/mol. The molecule has 0 unspecified atom stereocenters. The van der Waals surface area contributed by atoms with Crippen LogP contribution in [0.15, 0.2) is 192 Å². The van der Waals surface area contributed by atoms with Crippen molar-refractivity contribution in [2.75, 3.05) is 0 Å². The maximum Gasteiger partial charge on any atom is 0.169 e. The predicted molar refractivity (Wildman–Crippen MR) is 232 cm³/mol. The Labute approximate surface area is 321 Å². The van der Waals surface area contributed by atoms with Crippen LogP contribution in [0.3, 0.4) is 0 Å². The molecule has 0 aliphatic rings. The quantitative estimate of drug-likeness (QED) is 0.171. The topological polar surface area (TPSA) is 43.3 Å². The summed E-state index contributed by atoms with van der Waals surface area (Å²) in [5, 5.41) is 20.0. The molecule has 0 N–H and O–H groups in total. The van der Waals surface area contributed by atoms with Gasteiger partial charge in [-0.25, -0.2) is 0 Å². The highest BCUT2D eigenvalue weighted by Gasteiger charge is 2.19. The van der Waals surface area contributed by atoms with E-state index in [0.29, 0.717) is 0 Å². The summed E-state index contributed by atoms with van der Waals surface area (Å²) < 4.78 is 9.01. The van der Waals surface area contributed by atoms with Crippen LogP contribution in [0.1, 0.15) is 0 Å². The maximum atomic E-state index is 6.82. The molecule has 0 saturated heterocycles. The summed E-state index contributed by atoms with van der Waals surface area (Å²) in [6.45, 7) is 0. The van der Waals surface area contributed by atoms with Crippen molar-refractivity contribution in [2.24, 2.45) is 0 Å². The predicted octanol–water partition coefficient (Wildman–Crippen LogP) is 13.9. The van der Waals surface area contributed by atoms with E-state index < -0.39 is 0 Å². The highest BCUT2D eigenvalue weighted by atomic mass is 16.3. The van der Waals surface area contributed by atoms with E-state index in [1.54, 1.807) is 0 Å². The van der Waals surface area contributed by atoms with Crippen LogP contribution in [-0.2, 0) is 0 Å². The molecule has 0 atom stereocenters. The van der Waals surface area contributed by atoms with Gasteiger partial charge in [0.15, 0.2) is 11.5 Å². The molecule has 0 aliphatic heterocycles. The Morgan fingerprint density at radius 3 is 1.68 bits per heavy atom.